The number of carbonyl (C=O) groups excluding carboxylic acids is 1. The minimum atomic E-state index is -0.390. The van der Waals surface area contributed by atoms with E-state index < -0.39 is 6.04 Å². The Morgan fingerprint density at radius 3 is 3.00 bits per heavy atom. The smallest absolute Gasteiger partial charge is 0.245 e. The average Bonchev–Trinajstić information content (AvgIpc) is 2.98. The Balaban J connectivity index is 0.00000208. The van der Waals surface area contributed by atoms with Gasteiger partial charge in [-0.2, -0.15) is 5.10 Å². The van der Waals surface area contributed by atoms with Crippen molar-refractivity contribution >= 4 is 51.7 Å². The molecule has 0 spiro atoms. The summed E-state index contributed by atoms with van der Waals surface area (Å²) >= 11 is 9.62. The number of rotatable bonds is 3. The maximum absolute atomic E-state index is 12.3. The number of H-pyrrole nitrogens is 1. The number of nitrogens with zero attached hydrogens (tertiary/aromatic N) is 1. The lowest BCUT2D eigenvalue weighted by Gasteiger charge is -2.28. The number of nitrogens with one attached hydrogen (secondary N) is 3. The number of amides is 1. The van der Waals surface area contributed by atoms with Gasteiger partial charge in [0.05, 0.1) is 23.4 Å². The zero-order valence-electron chi connectivity index (χ0n) is 12.8. The van der Waals surface area contributed by atoms with Gasteiger partial charge in [0.1, 0.15) is 6.04 Å². The minimum Gasteiger partial charge on any atom is -0.375 e. The van der Waals surface area contributed by atoms with Gasteiger partial charge in [-0.25, -0.2) is 0 Å². The standard InChI is InChI=1S/C15H16BrClN4O2.ClH/c1-8-14(18-4-5-23-8)15(22)19-13-7-12(20-21-13)10-6-9(16)2-3-11(10)17;/h2-3,6-8,14,18H,4-5H2,1H3,(H2,19,20,21,22);1H/t8-,14+;/m1./s1. The molecule has 0 unspecified atom stereocenters. The summed E-state index contributed by atoms with van der Waals surface area (Å²) in [7, 11) is 0. The number of carbonyl (C=O) groups is 1. The molecular formula is C15H17BrCl2N4O2. The quantitative estimate of drug-likeness (QED) is 0.691. The van der Waals surface area contributed by atoms with E-state index in [2.05, 4.69) is 36.8 Å². The molecule has 6 nitrogen and oxygen atoms in total. The number of aromatic nitrogens is 2. The average molecular weight is 436 g/mol. The van der Waals surface area contributed by atoms with E-state index in [9.17, 15) is 4.79 Å². The van der Waals surface area contributed by atoms with Gasteiger partial charge in [-0.1, -0.05) is 27.5 Å². The van der Waals surface area contributed by atoms with Crippen molar-refractivity contribution in [2.75, 3.05) is 18.5 Å². The molecule has 2 heterocycles. The number of benzene rings is 1. The fourth-order valence-corrected chi connectivity index (χ4v) is 3.04. The number of halogens is 3. The molecule has 9 heteroatoms. The van der Waals surface area contributed by atoms with E-state index >= 15 is 0 Å². The first-order chi connectivity index (χ1) is 11.0. The molecule has 3 N–H and O–H groups in total. The highest BCUT2D eigenvalue weighted by molar-refractivity contribution is 9.10. The second-order valence-electron chi connectivity index (χ2n) is 5.29. The zero-order chi connectivity index (χ0) is 16.4. The summed E-state index contributed by atoms with van der Waals surface area (Å²) in [6.07, 6.45) is -0.179. The van der Waals surface area contributed by atoms with Gasteiger partial charge in [0.2, 0.25) is 5.91 Å². The van der Waals surface area contributed by atoms with Crippen LogP contribution in [0.25, 0.3) is 11.3 Å². The first-order valence-corrected chi connectivity index (χ1v) is 8.38. The van der Waals surface area contributed by atoms with Gasteiger partial charge < -0.3 is 15.4 Å². The molecule has 1 fully saturated rings. The Hall–Kier alpha value is -1.12. The largest absolute Gasteiger partial charge is 0.375 e. The molecule has 2 aromatic rings. The molecule has 130 valence electrons. The van der Waals surface area contributed by atoms with Gasteiger partial charge in [-0.05, 0) is 25.1 Å². The van der Waals surface area contributed by atoms with Crippen LogP contribution in [0.2, 0.25) is 5.02 Å². The Labute approximate surface area is 159 Å². The molecule has 1 aliphatic rings. The highest BCUT2D eigenvalue weighted by Gasteiger charge is 2.28. The number of hydrogen-bond donors (Lipinski definition) is 3. The first-order valence-electron chi connectivity index (χ1n) is 7.21. The van der Waals surface area contributed by atoms with Crippen LogP contribution in [0.4, 0.5) is 5.82 Å². The van der Waals surface area contributed by atoms with Gasteiger partial charge in [0.25, 0.3) is 0 Å². The maximum atomic E-state index is 12.3. The van der Waals surface area contributed by atoms with Crippen molar-refractivity contribution in [3.8, 4) is 11.3 Å². The Morgan fingerprint density at radius 2 is 2.25 bits per heavy atom. The van der Waals surface area contributed by atoms with Crippen molar-refractivity contribution in [3.63, 3.8) is 0 Å². The van der Waals surface area contributed by atoms with Crippen molar-refractivity contribution in [2.24, 2.45) is 0 Å². The van der Waals surface area contributed by atoms with Crippen molar-refractivity contribution < 1.29 is 9.53 Å². The Kier molecular flexibility index (Phi) is 6.65. The van der Waals surface area contributed by atoms with Crippen LogP contribution in [0.3, 0.4) is 0 Å². The fraction of sp³-hybridized carbons (Fsp3) is 0.333. The third-order valence-electron chi connectivity index (χ3n) is 3.65. The Morgan fingerprint density at radius 1 is 1.46 bits per heavy atom. The van der Waals surface area contributed by atoms with E-state index in [-0.39, 0.29) is 24.4 Å². The molecule has 0 aliphatic carbocycles. The van der Waals surface area contributed by atoms with Crippen LogP contribution in [-0.2, 0) is 9.53 Å². The molecule has 1 aliphatic heterocycles. The molecule has 0 radical (unpaired) electrons. The maximum Gasteiger partial charge on any atom is 0.245 e. The van der Waals surface area contributed by atoms with Crippen LogP contribution in [-0.4, -0.2) is 41.4 Å². The van der Waals surface area contributed by atoms with Crippen LogP contribution in [0.5, 0.6) is 0 Å². The van der Waals surface area contributed by atoms with Crippen LogP contribution in [0.15, 0.2) is 28.7 Å². The normalized spacial score (nSPS) is 20.3. The first kappa shape index (κ1) is 19.2. The van der Waals surface area contributed by atoms with E-state index in [4.69, 9.17) is 16.3 Å². The number of aromatic amines is 1. The molecular weight excluding hydrogens is 419 g/mol. The molecule has 1 aromatic heterocycles. The molecule has 1 saturated heterocycles. The van der Waals surface area contributed by atoms with Crippen molar-refractivity contribution in [1.82, 2.24) is 15.5 Å². The lowest BCUT2D eigenvalue weighted by molar-refractivity contribution is -0.123. The van der Waals surface area contributed by atoms with E-state index in [1.165, 1.54) is 0 Å². The molecule has 24 heavy (non-hydrogen) atoms. The number of ether oxygens (including phenoxy) is 1. The lowest BCUT2D eigenvalue weighted by Crippen LogP contribution is -2.53. The van der Waals surface area contributed by atoms with Gasteiger partial charge in [0.15, 0.2) is 5.82 Å². The third kappa shape index (κ3) is 4.29. The monoisotopic (exact) mass is 434 g/mol. The van der Waals surface area contributed by atoms with E-state index in [1.54, 1.807) is 12.1 Å². The second kappa shape index (κ2) is 8.31. The van der Waals surface area contributed by atoms with Gasteiger partial charge in [-0.3, -0.25) is 9.89 Å². The van der Waals surface area contributed by atoms with E-state index in [0.29, 0.717) is 24.0 Å². The SMILES string of the molecule is C[C@H]1OCCN[C@@H]1C(=O)Nc1cc(-c2cc(Br)ccc2Cl)[nH]n1.Cl. The predicted molar refractivity (Wildman–Crippen MR) is 99.8 cm³/mol. The predicted octanol–water partition coefficient (Wildman–Crippen LogP) is 3.23. The van der Waals surface area contributed by atoms with Gasteiger partial charge in [-0.15, -0.1) is 12.4 Å². The molecule has 0 bridgehead atoms. The van der Waals surface area contributed by atoms with Gasteiger partial charge >= 0.3 is 0 Å². The zero-order valence-corrected chi connectivity index (χ0v) is 16.0. The summed E-state index contributed by atoms with van der Waals surface area (Å²) in [5.74, 6) is 0.274. The summed E-state index contributed by atoms with van der Waals surface area (Å²) in [4.78, 5) is 12.3. The van der Waals surface area contributed by atoms with Gasteiger partial charge in [0, 0.05) is 22.6 Å². The van der Waals surface area contributed by atoms with Crippen LogP contribution >= 0.6 is 39.9 Å². The molecule has 1 aromatic carbocycles. The highest BCUT2D eigenvalue weighted by atomic mass is 79.9. The fourth-order valence-electron chi connectivity index (χ4n) is 2.46. The van der Waals surface area contributed by atoms with Crippen molar-refractivity contribution in [1.29, 1.82) is 0 Å². The van der Waals surface area contributed by atoms with Crippen LogP contribution < -0.4 is 10.6 Å². The Bertz CT molecular complexity index is 725. The molecule has 2 atom stereocenters. The highest BCUT2D eigenvalue weighted by Crippen LogP contribution is 2.30. The summed E-state index contributed by atoms with van der Waals surface area (Å²) < 4.78 is 6.39. The topological polar surface area (TPSA) is 79.0 Å². The van der Waals surface area contributed by atoms with E-state index in [1.807, 2.05) is 19.1 Å². The molecule has 3 rings (SSSR count). The van der Waals surface area contributed by atoms with E-state index in [0.717, 1.165) is 15.7 Å². The van der Waals surface area contributed by atoms with Crippen molar-refractivity contribution in [2.45, 2.75) is 19.1 Å². The lowest BCUT2D eigenvalue weighted by atomic mass is 10.1. The van der Waals surface area contributed by atoms with Crippen LogP contribution in [0, 0.1) is 0 Å². The van der Waals surface area contributed by atoms with Crippen molar-refractivity contribution in [3.05, 3.63) is 33.8 Å². The third-order valence-corrected chi connectivity index (χ3v) is 4.47. The summed E-state index contributed by atoms with van der Waals surface area (Å²) in [5, 5.41) is 13.5. The van der Waals surface area contributed by atoms with Crippen LogP contribution in [0.1, 0.15) is 6.92 Å². The number of anilines is 1. The number of hydrogen-bond acceptors (Lipinski definition) is 4. The summed E-state index contributed by atoms with van der Waals surface area (Å²) in [6.45, 7) is 3.13. The minimum absolute atomic E-state index is 0. The second-order valence-corrected chi connectivity index (χ2v) is 6.61. The summed E-state index contributed by atoms with van der Waals surface area (Å²) in [5.41, 5.74) is 1.54. The summed E-state index contributed by atoms with van der Waals surface area (Å²) in [6, 6.07) is 6.91. The number of morpholine rings is 1. The molecule has 0 saturated carbocycles. The molecule has 1 amide bonds.